The van der Waals surface area contributed by atoms with Gasteiger partial charge in [0.2, 0.25) is 0 Å². The molecule has 0 heterocycles. The Bertz CT molecular complexity index is 245. The molecular formula is C12H34Cl2N4O10Pt2+4. The van der Waals surface area contributed by atoms with Crippen molar-refractivity contribution >= 4 is 0 Å². The summed E-state index contributed by atoms with van der Waals surface area (Å²) in [6, 6.07) is 0. The Hall–Kier alpha value is 1.40. The molecule has 0 aromatic heterocycles. The number of nitrogens with zero attached hydrogens (tertiary/aromatic N) is 4. The minimum Gasteiger partial charge on any atom is -0.870 e. The Labute approximate surface area is 212 Å². The average Bonchev–Trinajstić information content (AvgIpc) is 2.30. The van der Waals surface area contributed by atoms with Gasteiger partial charge in [-0.3, -0.25) is 0 Å². The second-order valence-corrected chi connectivity index (χ2v) is 7.48. The van der Waals surface area contributed by atoms with E-state index in [9.17, 15) is 0 Å². The van der Waals surface area contributed by atoms with E-state index in [-0.39, 0.29) is 53.1 Å². The van der Waals surface area contributed by atoms with Crippen LogP contribution in [0.25, 0.3) is 0 Å². The summed E-state index contributed by atoms with van der Waals surface area (Å²) in [4.78, 5) is 8.72. The zero-order valence-corrected chi connectivity index (χ0v) is 24.2. The van der Waals surface area contributed by atoms with Crippen molar-refractivity contribution in [1.29, 1.82) is 0 Å². The van der Waals surface area contributed by atoms with Crippen molar-refractivity contribution in [3.63, 3.8) is 0 Å². The van der Waals surface area contributed by atoms with E-state index >= 15 is 0 Å². The predicted octanol–water partition coefficient (Wildman–Crippen LogP) is -9.65. The first-order valence-electron chi connectivity index (χ1n) is 7.08. The number of rotatable bonds is 6. The summed E-state index contributed by atoms with van der Waals surface area (Å²) in [5, 5.41) is 0. The van der Waals surface area contributed by atoms with Crippen LogP contribution in [0.5, 0.6) is 0 Å². The summed E-state index contributed by atoms with van der Waals surface area (Å²) >= 11 is 0. The second-order valence-electron chi connectivity index (χ2n) is 5.97. The van der Waals surface area contributed by atoms with Gasteiger partial charge in [-0.25, -0.2) is 37.3 Å². The monoisotopic (exact) mass is 854 g/mol. The molecule has 30 heavy (non-hydrogen) atoms. The fourth-order valence-corrected chi connectivity index (χ4v) is 0.800. The fourth-order valence-electron chi connectivity index (χ4n) is 0.800. The summed E-state index contributed by atoms with van der Waals surface area (Å²) in [5.74, 6) is 0. The maximum Gasteiger partial charge on any atom is 4.00 e. The quantitative estimate of drug-likeness (QED) is 0.241. The van der Waals surface area contributed by atoms with Crippen molar-refractivity contribution in [2.75, 3.05) is 82.6 Å². The average molecular weight is 855 g/mol. The van der Waals surface area contributed by atoms with Gasteiger partial charge in [0.15, 0.2) is 0 Å². The van der Waals surface area contributed by atoms with Crippen LogP contribution < -0.4 is 37.3 Å². The van der Waals surface area contributed by atoms with Crippen LogP contribution in [0.1, 0.15) is 0 Å². The molecule has 0 bridgehead atoms. The normalized spacial score (nSPS) is 10.0. The van der Waals surface area contributed by atoms with Crippen LogP contribution in [-0.4, -0.2) is 113 Å². The van der Waals surface area contributed by atoms with E-state index in [1.165, 1.54) is 0 Å². The molecule has 0 radical (unpaired) electrons. The second kappa shape index (κ2) is 30.4. The van der Waals surface area contributed by atoms with Crippen molar-refractivity contribution in [2.45, 2.75) is 0 Å². The predicted molar refractivity (Wildman–Crippen MR) is 78.1 cm³/mol. The Balaban J connectivity index is -0.0000000351. The van der Waals surface area contributed by atoms with E-state index in [4.69, 9.17) is 37.3 Å². The van der Waals surface area contributed by atoms with Gasteiger partial charge in [0.1, 0.15) is 0 Å². The van der Waals surface area contributed by atoms with Crippen LogP contribution in [0, 0.1) is 20.5 Å². The standard InChI is InChI=1S/2C6H16N2.2ClHO4.2H2O.2Pt/c2*1-7(2)5-6-8(3)4;2*2-1(3,4)5;;;;/h2*5-6H2,1-4H3;2*(H,2,3,4,5);2*1H2;;/q;;;;;;2*+4/p-4. The van der Waals surface area contributed by atoms with Gasteiger partial charge in [-0.05, 0) is 56.4 Å². The molecule has 0 spiro atoms. The summed E-state index contributed by atoms with van der Waals surface area (Å²) in [5.41, 5.74) is 0. The molecule has 0 rings (SSSR count). The Kier molecular flexibility index (Phi) is 53.7. The first-order valence-corrected chi connectivity index (χ1v) is 9.55. The molecule has 0 aromatic rings. The molecule has 0 aliphatic heterocycles. The first-order chi connectivity index (χ1) is 11.3. The Morgan fingerprint density at radius 3 is 0.500 bits per heavy atom. The third kappa shape index (κ3) is 183. The Morgan fingerprint density at radius 2 is 0.467 bits per heavy atom. The van der Waals surface area contributed by atoms with E-state index in [1.807, 2.05) is 0 Å². The van der Waals surface area contributed by atoms with E-state index in [0.717, 1.165) is 26.2 Å². The molecule has 0 aliphatic carbocycles. The van der Waals surface area contributed by atoms with Crippen molar-refractivity contribution < 1.29 is 111 Å². The third-order valence-corrected chi connectivity index (χ3v) is 1.99. The van der Waals surface area contributed by atoms with Crippen LogP contribution in [0.3, 0.4) is 0 Å². The molecule has 18 heteroatoms. The van der Waals surface area contributed by atoms with Crippen LogP contribution in [-0.2, 0) is 42.1 Å². The Morgan fingerprint density at radius 1 is 0.400 bits per heavy atom. The molecule has 192 valence electrons. The van der Waals surface area contributed by atoms with Gasteiger partial charge in [-0.15, -0.1) is 20.5 Å². The van der Waals surface area contributed by atoms with Gasteiger partial charge in [0.25, 0.3) is 0 Å². The van der Waals surface area contributed by atoms with Gasteiger partial charge in [-0.2, -0.15) is 0 Å². The molecule has 0 fully saturated rings. The molecule has 0 saturated carbocycles. The molecular weight excluding hydrogens is 821 g/mol. The fraction of sp³-hybridized carbons (Fsp3) is 1.00. The topological polar surface area (TPSA) is 257 Å². The third-order valence-electron chi connectivity index (χ3n) is 1.99. The zero-order valence-electron chi connectivity index (χ0n) is 18.2. The van der Waals surface area contributed by atoms with Crippen LogP contribution in [0.2, 0.25) is 0 Å². The smallest absolute Gasteiger partial charge is 0.870 e. The van der Waals surface area contributed by atoms with Crippen LogP contribution in [0.4, 0.5) is 0 Å². The molecule has 14 nitrogen and oxygen atoms in total. The number of hydrogen-bond acceptors (Lipinski definition) is 14. The summed E-state index contributed by atoms with van der Waals surface area (Å²) in [6.07, 6.45) is 0. The molecule has 2 N–H and O–H groups in total. The van der Waals surface area contributed by atoms with Crippen molar-refractivity contribution in [1.82, 2.24) is 19.6 Å². The molecule has 0 saturated heterocycles. The molecule has 0 unspecified atom stereocenters. The van der Waals surface area contributed by atoms with Crippen molar-refractivity contribution in [3.8, 4) is 0 Å². The van der Waals surface area contributed by atoms with E-state index in [0.29, 0.717) is 0 Å². The SMILES string of the molecule is CN(C)CCN(C)C.CN(C)CCN(C)C.[O-][Cl+3]([O-])([O-])[O-].[O-][Cl+3]([O-])([O-])[O-].[OH-].[OH-].[Pt+4].[Pt+4]. The van der Waals surface area contributed by atoms with E-state index < -0.39 is 20.5 Å². The molecule has 0 aliphatic rings. The van der Waals surface area contributed by atoms with Crippen molar-refractivity contribution in [2.24, 2.45) is 0 Å². The maximum atomic E-state index is 8.49. The van der Waals surface area contributed by atoms with Gasteiger partial charge >= 0.3 is 42.1 Å². The first kappa shape index (κ1) is 53.0. The summed E-state index contributed by atoms with van der Waals surface area (Å²) < 4.78 is 67.9. The molecule has 0 amide bonds. The largest absolute Gasteiger partial charge is 4.00 e. The van der Waals surface area contributed by atoms with Gasteiger partial charge in [0.05, 0.1) is 0 Å². The van der Waals surface area contributed by atoms with Crippen LogP contribution in [0.15, 0.2) is 0 Å². The number of hydrogen-bond donors (Lipinski definition) is 0. The van der Waals surface area contributed by atoms with Crippen molar-refractivity contribution in [3.05, 3.63) is 0 Å². The summed E-state index contributed by atoms with van der Waals surface area (Å²) in [7, 11) is 6.81. The minimum absolute atomic E-state index is 0. The van der Waals surface area contributed by atoms with Gasteiger partial charge < -0.3 is 30.6 Å². The van der Waals surface area contributed by atoms with Crippen LogP contribution >= 0.6 is 0 Å². The zero-order chi connectivity index (χ0) is 22.1. The van der Waals surface area contributed by atoms with E-state index in [1.54, 1.807) is 0 Å². The molecule has 0 aromatic carbocycles. The maximum absolute atomic E-state index is 8.49. The molecule has 0 atom stereocenters. The number of halogens is 2. The van der Waals surface area contributed by atoms with Gasteiger partial charge in [-0.1, -0.05) is 0 Å². The minimum atomic E-state index is -4.94. The number of likely N-dealkylation sites (N-methyl/N-ethyl adjacent to an activating group) is 4. The van der Waals surface area contributed by atoms with E-state index in [2.05, 4.69) is 76.0 Å². The van der Waals surface area contributed by atoms with Gasteiger partial charge in [0, 0.05) is 26.2 Å². The summed E-state index contributed by atoms with van der Waals surface area (Å²) in [6.45, 7) is 4.58.